The highest BCUT2D eigenvalue weighted by molar-refractivity contribution is 7.17. The van der Waals surface area contributed by atoms with E-state index in [1.165, 1.54) is 11.3 Å². The van der Waals surface area contributed by atoms with Crippen LogP contribution in [0.5, 0.6) is 5.75 Å². The van der Waals surface area contributed by atoms with Gasteiger partial charge in [-0.25, -0.2) is 4.98 Å². The molecule has 0 radical (unpaired) electrons. The van der Waals surface area contributed by atoms with Gasteiger partial charge in [0.25, 0.3) is 0 Å². The number of rotatable bonds is 1. The normalized spacial score (nSPS) is 17.2. The third-order valence-corrected chi connectivity index (χ3v) is 5.26. The average molecular weight is 300 g/mol. The van der Waals surface area contributed by atoms with E-state index < -0.39 is 0 Å². The fourth-order valence-corrected chi connectivity index (χ4v) is 3.96. The molecule has 4 nitrogen and oxygen atoms in total. The van der Waals surface area contributed by atoms with Crippen LogP contribution < -0.4 is 9.64 Å². The molecule has 0 saturated heterocycles. The van der Waals surface area contributed by atoms with Crippen LogP contribution in [-0.4, -0.2) is 31.0 Å². The number of thiazole rings is 1. The van der Waals surface area contributed by atoms with E-state index in [2.05, 4.69) is 29.1 Å². The van der Waals surface area contributed by atoms with Crippen molar-refractivity contribution in [1.82, 2.24) is 4.98 Å². The standard InChI is InChI=1S/C16H16N2O2S/c1-18-7-8-20-14-9-10(5-6-12(14)18)16-17-11-3-2-4-13(19)15(11)21-16/h5-6,9H,2-4,7-8H2,1H3. The summed E-state index contributed by atoms with van der Waals surface area (Å²) in [4.78, 5) is 19.7. The maximum Gasteiger partial charge on any atom is 0.174 e. The number of benzene rings is 1. The van der Waals surface area contributed by atoms with Crippen LogP contribution in [0.4, 0.5) is 5.69 Å². The van der Waals surface area contributed by atoms with Crippen LogP contribution in [0.1, 0.15) is 28.2 Å². The van der Waals surface area contributed by atoms with Crippen molar-refractivity contribution in [2.24, 2.45) is 0 Å². The molecule has 2 aliphatic rings. The molecule has 1 aliphatic carbocycles. The largest absolute Gasteiger partial charge is 0.490 e. The van der Waals surface area contributed by atoms with E-state index in [0.29, 0.717) is 13.0 Å². The Bertz CT molecular complexity index is 723. The number of likely N-dealkylation sites (N-methyl/N-ethyl adjacent to an activating group) is 1. The van der Waals surface area contributed by atoms with E-state index in [-0.39, 0.29) is 5.78 Å². The van der Waals surface area contributed by atoms with Crippen molar-refractivity contribution in [2.75, 3.05) is 25.1 Å². The lowest BCUT2D eigenvalue weighted by Crippen LogP contribution is -2.28. The Kier molecular flexibility index (Phi) is 2.96. The van der Waals surface area contributed by atoms with Crippen molar-refractivity contribution in [3.05, 3.63) is 28.8 Å². The number of Topliss-reactive ketones (excluding diaryl/α,β-unsaturated/α-hetero) is 1. The fourth-order valence-electron chi connectivity index (χ4n) is 2.88. The highest BCUT2D eigenvalue weighted by Gasteiger charge is 2.23. The van der Waals surface area contributed by atoms with Crippen molar-refractivity contribution in [2.45, 2.75) is 19.3 Å². The summed E-state index contributed by atoms with van der Waals surface area (Å²) < 4.78 is 5.75. The average Bonchev–Trinajstić information content (AvgIpc) is 2.93. The molecule has 4 rings (SSSR count). The lowest BCUT2D eigenvalue weighted by molar-refractivity contribution is 0.0976. The van der Waals surface area contributed by atoms with E-state index in [9.17, 15) is 4.79 Å². The predicted molar refractivity (Wildman–Crippen MR) is 83.6 cm³/mol. The Morgan fingerprint density at radius 3 is 3.10 bits per heavy atom. The molecule has 0 saturated carbocycles. The Labute approximate surface area is 127 Å². The third kappa shape index (κ3) is 2.12. The van der Waals surface area contributed by atoms with Gasteiger partial charge in [-0.2, -0.15) is 0 Å². The Morgan fingerprint density at radius 1 is 1.33 bits per heavy atom. The van der Waals surface area contributed by atoms with E-state index >= 15 is 0 Å². The van der Waals surface area contributed by atoms with Gasteiger partial charge >= 0.3 is 0 Å². The van der Waals surface area contributed by atoms with Crippen molar-refractivity contribution in [1.29, 1.82) is 0 Å². The quantitative estimate of drug-likeness (QED) is 0.811. The van der Waals surface area contributed by atoms with Crippen LogP contribution in [0.15, 0.2) is 18.2 Å². The molecule has 1 aromatic carbocycles. The summed E-state index contributed by atoms with van der Waals surface area (Å²) in [6.07, 6.45) is 2.50. The number of carbonyl (C=O) groups excluding carboxylic acids is 1. The molecule has 5 heteroatoms. The fraction of sp³-hybridized carbons (Fsp3) is 0.375. The van der Waals surface area contributed by atoms with Gasteiger partial charge in [0, 0.05) is 19.0 Å². The number of anilines is 1. The molecule has 0 bridgehead atoms. The summed E-state index contributed by atoms with van der Waals surface area (Å²) in [6.45, 7) is 1.62. The molecular formula is C16H16N2O2S. The van der Waals surface area contributed by atoms with Crippen molar-refractivity contribution in [3.63, 3.8) is 0 Å². The van der Waals surface area contributed by atoms with Crippen molar-refractivity contribution in [3.8, 4) is 16.3 Å². The number of aromatic nitrogens is 1. The number of fused-ring (bicyclic) bond motifs is 2. The first-order valence-electron chi connectivity index (χ1n) is 7.23. The summed E-state index contributed by atoms with van der Waals surface area (Å²) in [5, 5.41) is 0.926. The van der Waals surface area contributed by atoms with Gasteiger partial charge in [0.1, 0.15) is 17.4 Å². The van der Waals surface area contributed by atoms with Crippen LogP contribution >= 0.6 is 11.3 Å². The van der Waals surface area contributed by atoms with E-state index in [1.807, 2.05) is 6.07 Å². The summed E-state index contributed by atoms with van der Waals surface area (Å²) in [7, 11) is 2.07. The van der Waals surface area contributed by atoms with Crippen molar-refractivity contribution >= 4 is 22.8 Å². The van der Waals surface area contributed by atoms with Gasteiger partial charge in [0.05, 0.1) is 22.8 Å². The minimum absolute atomic E-state index is 0.244. The molecule has 21 heavy (non-hydrogen) atoms. The van der Waals surface area contributed by atoms with E-state index in [1.54, 1.807) is 0 Å². The van der Waals surface area contributed by atoms with Crippen LogP contribution in [-0.2, 0) is 6.42 Å². The molecule has 1 aliphatic heterocycles. The Hall–Kier alpha value is -1.88. The number of ketones is 1. The Balaban J connectivity index is 1.76. The summed E-state index contributed by atoms with van der Waals surface area (Å²) >= 11 is 1.52. The monoisotopic (exact) mass is 300 g/mol. The summed E-state index contributed by atoms with van der Waals surface area (Å²) in [6, 6.07) is 6.19. The molecule has 0 spiro atoms. The van der Waals surface area contributed by atoms with Crippen LogP contribution in [0.3, 0.4) is 0 Å². The summed E-state index contributed by atoms with van der Waals surface area (Å²) in [5.74, 6) is 1.15. The molecule has 0 amide bonds. The second kappa shape index (κ2) is 4.84. The number of hydrogen-bond donors (Lipinski definition) is 0. The molecule has 0 N–H and O–H groups in total. The smallest absolute Gasteiger partial charge is 0.174 e. The molecule has 0 fully saturated rings. The van der Waals surface area contributed by atoms with Crippen molar-refractivity contribution < 1.29 is 9.53 Å². The highest BCUT2D eigenvalue weighted by Crippen LogP contribution is 2.38. The van der Waals surface area contributed by atoms with Gasteiger partial charge in [0.2, 0.25) is 0 Å². The lowest BCUT2D eigenvalue weighted by atomic mass is 10.0. The number of aryl methyl sites for hydroxylation is 1. The molecule has 0 atom stereocenters. The van der Waals surface area contributed by atoms with E-state index in [4.69, 9.17) is 4.74 Å². The zero-order valence-electron chi connectivity index (χ0n) is 11.9. The Morgan fingerprint density at radius 2 is 2.24 bits per heavy atom. The number of nitrogens with zero attached hydrogens (tertiary/aromatic N) is 2. The first-order chi connectivity index (χ1) is 10.2. The van der Waals surface area contributed by atoms with Gasteiger partial charge < -0.3 is 9.64 Å². The first-order valence-corrected chi connectivity index (χ1v) is 8.05. The third-order valence-electron chi connectivity index (χ3n) is 4.07. The topological polar surface area (TPSA) is 42.4 Å². The van der Waals surface area contributed by atoms with E-state index in [0.717, 1.165) is 52.0 Å². The van der Waals surface area contributed by atoms with Gasteiger partial charge in [0.15, 0.2) is 5.78 Å². The van der Waals surface area contributed by atoms with Gasteiger partial charge in [-0.05, 0) is 31.0 Å². The molecular weight excluding hydrogens is 284 g/mol. The van der Waals surface area contributed by atoms with Crippen LogP contribution in [0, 0.1) is 0 Å². The molecule has 2 heterocycles. The molecule has 1 aromatic heterocycles. The molecule has 0 unspecified atom stereocenters. The van der Waals surface area contributed by atoms with Gasteiger partial charge in [-0.1, -0.05) is 0 Å². The highest BCUT2D eigenvalue weighted by atomic mass is 32.1. The predicted octanol–water partition coefficient (Wildman–Crippen LogP) is 3.16. The SMILES string of the molecule is CN1CCOc2cc(-c3nc4c(s3)C(=O)CCC4)ccc21. The second-order valence-electron chi connectivity index (χ2n) is 5.52. The minimum atomic E-state index is 0.244. The van der Waals surface area contributed by atoms with Gasteiger partial charge in [-0.3, -0.25) is 4.79 Å². The van der Waals surface area contributed by atoms with Crippen LogP contribution in [0.25, 0.3) is 10.6 Å². The minimum Gasteiger partial charge on any atom is -0.490 e. The number of ether oxygens (including phenoxy) is 1. The zero-order chi connectivity index (χ0) is 14.4. The second-order valence-corrected chi connectivity index (χ2v) is 6.52. The maximum absolute atomic E-state index is 11.9. The number of carbonyl (C=O) groups is 1. The first kappa shape index (κ1) is 12.8. The summed E-state index contributed by atoms with van der Waals surface area (Å²) in [5.41, 5.74) is 3.13. The van der Waals surface area contributed by atoms with Gasteiger partial charge in [-0.15, -0.1) is 11.3 Å². The molecule has 108 valence electrons. The van der Waals surface area contributed by atoms with Crippen LogP contribution in [0.2, 0.25) is 0 Å². The lowest BCUT2D eigenvalue weighted by Gasteiger charge is -2.27. The number of hydrogen-bond acceptors (Lipinski definition) is 5. The maximum atomic E-state index is 11.9. The molecule has 2 aromatic rings. The zero-order valence-corrected chi connectivity index (χ0v) is 12.7.